The van der Waals surface area contributed by atoms with E-state index in [9.17, 15) is 9.59 Å². The maximum absolute atomic E-state index is 11.1. The third-order valence-corrected chi connectivity index (χ3v) is 1.92. The Morgan fingerprint density at radius 1 is 1.67 bits per heavy atom. The summed E-state index contributed by atoms with van der Waals surface area (Å²) in [5, 5.41) is 2.42. The lowest BCUT2D eigenvalue weighted by molar-refractivity contribution is -0.124. The average molecular weight is 172 g/mol. The van der Waals surface area contributed by atoms with E-state index in [4.69, 9.17) is 5.73 Å². The van der Waals surface area contributed by atoms with Gasteiger partial charge in [-0.2, -0.15) is 0 Å². The van der Waals surface area contributed by atoms with Crippen LogP contribution in [0.5, 0.6) is 0 Å². The first-order valence-corrected chi connectivity index (χ1v) is 4.10. The standard InChI is InChI=1S/C8H16N2O2/c1-3-6(2)7(9)8(12)10-4-5-11/h5-7H,3-4,9H2,1-2H3,(H,10,12)/t6?,7-/m1/s1. The minimum absolute atomic E-state index is 0.0446. The molecule has 0 aromatic rings. The fraction of sp³-hybridized carbons (Fsp3) is 0.750. The Labute approximate surface area is 72.5 Å². The molecule has 0 fully saturated rings. The summed E-state index contributed by atoms with van der Waals surface area (Å²) in [5.74, 6) is -0.104. The van der Waals surface area contributed by atoms with Crippen molar-refractivity contribution in [3.8, 4) is 0 Å². The summed E-state index contributed by atoms with van der Waals surface area (Å²) in [7, 11) is 0. The van der Waals surface area contributed by atoms with Gasteiger partial charge in [-0.1, -0.05) is 20.3 Å². The third kappa shape index (κ3) is 3.48. The highest BCUT2D eigenvalue weighted by atomic mass is 16.2. The number of nitrogens with one attached hydrogen (secondary N) is 1. The van der Waals surface area contributed by atoms with Crippen molar-refractivity contribution in [2.45, 2.75) is 26.3 Å². The molecular weight excluding hydrogens is 156 g/mol. The molecule has 0 bridgehead atoms. The van der Waals surface area contributed by atoms with Gasteiger partial charge >= 0.3 is 0 Å². The van der Waals surface area contributed by atoms with Crippen molar-refractivity contribution in [2.24, 2.45) is 11.7 Å². The first kappa shape index (κ1) is 11.1. The zero-order chi connectivity index (χ0) is 9.56. The molecule has 4 heteroatoms. The van der Waals surface area contributed by atoms with Crippen molar-refractivity contribution < 1.29 is 9.59 Å². The Balaban J connectivity index is 3.83. The first-order valence-electron chi connectivity index (χ1n) is 4.10. The van der Waals surface area contributed by atoms with Gasteiger partial charge in [0, 0.05) is 0 Å². The monoisotopic (exact) mass is 172 g/mol. The van der Waals surface area contributed by atoms with E-state index in [2.05, 4.69) is 5.32 Å². The van der Waals surface area contributed by atoms with Crippen molar-refractivity contribution in [2.75, 3.05) is 6.54 Å². The van der Waals surface area contributed by atoms with E-state index in [0.717, 1.165) is 6.42 Å². The molecule has 0 saturated carbocycles. The lowest BCUT2D eigenvalue weighted by Crippen LogP contribution is -2.45. The summed E-state index contributed by atoms with van der Waals surface area (Å²) in [5.41, 5.74) is 5.58. The Bertz CT molecular complexity index is 159. The second-order valence-electron chi connectivity index (χ2n) is 2.82. The Morgan fingerprint density at radius 2 is 2.25 bits per heavy atom. The summed E-state index contributed by atoms with van der Waals surface area (Å²) < 4.78 is 0. The van der Waals surface area contributed by atoms with Crippen LogP contribution in [-0.4, -0.2) is 24.8 Å². The molecule has 0 saturated heterocycles. The van der Waals surface area contributed by atoms with Crippen LogP contribution in [0.15, 0.2) is 0 Å². The number of aldehydes is 1. The Kier molecular flexibility index (Phi) is 5.28. The molecule has 0 aromatic heterocycles. The maximum atomic E-state index is 11.1. The van der Waals surface area contributed by atoms with E-state index in [-0.39, 0.29) is 18.4 Å². The van der Waals surface area contributed by atoms with Crippen LogP contribution in [-0.2, 0) is 9.59 Å². The smallest absolute Gasteiger partial charge is 0.237 e. The van der Waals surface area contributed by atoms with Gasteiger partial charge in [0.15, 0.2) is 0 Å². The number of carbonyl (C=O) groups excluding carboxylic acids is 2. The molecule has 1 unspecified atom stereocenters. The van der Waals surface area contributed by atoms with Gasteiger partial charge in [-0.05, 0) is 5.92 Å². The molecule has 0 rings (SSSR count). The minimum Gasteiger partial charge on any atom is -0.348 e. The normalized spacial score (nSPS) is 14.9. The lowest BCUT2D eigenvalue weighted by atomic mass is 9.99. The number of nitrogens with two attached hydrogens (primary N) is 1. The Morgan fingerprint density at radius 3 is 2.67 bits per heavy atom. The van der Waals surface area contributed by atoms with Gasteiger partial charge in [-0.25, -0.2) is 0 Å². The van der Waals surface area contributed by atoms with Crippen LogP contribution >= 0.6 is 0 Å². The topological polar surface area (TPSA) is 72.2 Å². The molecule has 1 amide bonds. The van der Waals surface area contributed by atoms with Crippen LogP contribution in [0.25, 0.3) is 0 Å². The molecule has 3 N–H and O–H groups in total. The molecule has 4 nitrogen and oxygen atoms in total. The highest BCUT2D eigenvalue weighted by molar-refractivity contribution is 5.83. The second kappa shape index (κ2) is 5.71. The summed E-state index contributed by atoms with van der Waals surface area (Å²) in [6.45, 7) is 3.92. The molecular formula is C8H16N2O2. The zero-order valence-electron chi connectivity index (χ0n) is 7.54. The van der Waals surface area contributed by atoms with E-state index < -0.39 is 6.04 Å². The summed E-state index contributed by atoms with van der Waals surface area (Å²) in [6.07, 6.45) is 1.50. The van der Waals surface area contributed by atoms with Crippen LogP contribution in [0.4, 0.5) is 0 Å². The van der Waals surface area contributed by atoms with Crippen LogP contribution in [0, 0.1) is 5.92 Å². The number of carbonyl (C=O) groups is 2. The molecule has 0 aromatic carbocycles. The van der Waals surface area contributed by atoms with Gasteiger partial charge in [-0.15, -0.1) is 0 Å². The molecule has 2 atom stereocenters. The maximum Gasteiger partial charge on any atom is 0.237 e. The van der Waals surface area contributed by atoms with E-state index >= 15 is 0 Å². The van der Waals surface area contributed by atoms with Crippen molar-refractivity contribution in [1.29, 1.82) is 0 Å². The largest absolute Gasteiger partial charge is 0.348 e. The van der Waals surface area contributed by atoms with Crippen molar-refractivity contribution in [3.63, 3.8) is 0 Å². The minimum atomic E-state index is -0.505. The van der Waals surface area contributed by atoms with Gasteiger partial charge in [0.2, 0.25) is 5.91 Å². The van der Waals surface area contributed by atoms with Gasteiger partial charge in [0.25, 0.3) is 0 Å². The van der Waals surface area contributed by atoms with Gasteiger partial charge in [-0.3, -0.25) is 4.79 Å². The predicted octanol–water partition coefficient (Wildman–Crippen LogP) is -0.325. The van der Waals surface area contributed by atoms with E-state index in [1.807, 2.05) is 13.8 Å². The van der Waals surface area contributed by atoms with Gasteiger partial charge in [0.05, 0.1) is 12.6 Å². The average Bonchev–Trinajstić information content (AvgIpc) is 2.11. The molecule has 0 heterocycles. The molecule has 12 heavy (non-hydrogen) atoms. The third-order valence-electron chi connectivity index (χ3n) is 1.92. The van der Waals surface area contributed by atoms with Crippen molar-refractivity contribution >= 4 is 12.2 Å². The molecule has 0 aliphatic heterocycles. The quantitative estimate of drug-likeness (QED) is 0.558. The summed E-state index contributed by atoms with van der Waals surface area (Å²) in [4.78, 5) is 21.0. The van der Waals surface area contributed by atoms with Crippen molar-refractivity contribution in [3.05, 3.63) is 0 Å². The number of hydrogen-bond donors (Lipinski definition) is 2. The van der Waals surface area contributed by atoms with E-state index in [0.29, 0.717) is 6.29 Å². The molecule has 0 aliphatic rings. The van der Waals surface area contributed by atoms with Crippen LogP contribution in [0.3, 0.4) is 0 Å². The van der Waals surface area contributed by atoms with Gasteiger partial charge < -0.3 is 15.8 Å². The molecule has 0 radical (unpaired) electrons. The number of hydrogen-bond acceptors (Lipinski definition) is 3. The fourth-order valence-electron chi connectivity index (χ4n) is 0.772. The van der Waals surface area contributed by atoms with Crippen LogP contribution in [0.2, 0.25) is 0 Å². The zero-order valence-corrected chi connectivity index (χ0v) is 7.54. The van der Waals surface area contributed by atoms with Crippen LogP contribution < -0.4 is 11.1 Å². The molecule has 0 aliphatic carbocycles. The number of rotatable bonds is 5. The fourth-order valence-corrected chi connectivity index (χ4v) is 0.772. The van der Waals surface area contributed by atoms with E-state index in [1.165, 1.54) is 0 Å². The van der Waals surface area contributed by atoms with Gasteiger partial charge in [0.1, 0.15) is 6.29 Å². The second-order valence-corrected chi connectivity index (χ2v) is 2.82. The highest BCUT2D eigenvalue weighted by Gasteiger charge is 2.18. The predicted molar refractivity (Wildman–Crippen MR) is 46.5 cm³/mol. The Hall–Kier alpha value is -0.900. The summed E-state index contributed by atoms with van der Waals surface area (Å²) in [6, 6.07) is -0.505. The highest BCUT2D eigenvalue weighted by Crippen LogP contribution is 2.04. The van der Waals surface area contributed by atoms with Crippen molar-refractivity contribution in [1.82, 2.24) is 5.32 Å². The van der Waals surface area contributed by atoms with E-state index in [1.54, 1.807) is 0 Å². The first-order chi connectivity index (χ1) is 5.63. The van der Waals surface area contributed by atoms with Crippen LogP contribution in [0.1, 0.15) is 20.3 Å². The SMILES string of the molecule is CCC(C)[C@@H](N)C(=O)NCC=O. The number of amides is 1. The molecule has 0 spiro atoms. The summed E-state index contributed by atoms with van der Waals surface area (Å²) >= 11 is 0. The lowest BCUT2D eigenvalue weighted by Gasteiger charge is -2.16. The molecule has 70 valence electrons.